The quantitative estimate of drug-likeness (QED) is 0.216. The summed E-state index contributed by atoms with van der Waals surface area (Å²) >= 11 is 0. The molecule has 1 aromatic heterocycles. The van der Waals surface area contributed by atoms with Crippen molar-refractivity contribution in [2.45, 2.75) is 46.1 Å². The second-order valence-electron chi connectivity index (χ2n) is 8.38. The zero-order valence-corrected chi connectivity index (χ0v) is 20.4. The number of unbranched alkanes of at least 4 members (excludes halogenated alkanes) is 1. The number of ether oxygens (including phenoxy) is 1. The molecule has 1 aliphatic rings. The number of carbonyl (C=O) groups is 2. The first-order valence-corrected chi connectivity index (χ1v) is 12.2. The van der Waals surface area contributed by atoms with Crippen LogP contribution in [0.3, 0.4) is 0 Å². The number of pyridine rings is 1. The summed E-state index contributed by atoms with van der Waals surface area (Å²) in [4.78, 5) is 34.2. The van der Waals surface area contributed by atoms with Gasteiger partial charge in [-0.1, -0.05) is 39.3 Å². The maximum Gasteiger partial charge on any atom is 0.295 e. The number of benzene rings is 1. The number of hydrogen-bond acceptors (Lipinski definition) is 6. The highest BCUT2D eigenvalue weighted by Crippen LogP contribution is 2.39. The predicted octanol–water partition coefficient (Wildman–Crippen LogP) is 4.41. The number of rotatable bonds is 12. The van der Waals surface area contributed by atoms with E-state index in [1.807, 2.05) is 6.07 Å². The summed E-state index contributed by atoms with van der Waals surface area (Å²) in [5.41, 5.74) is 1.30. The third-order valence-corrected chi connectivity index (χ3v) is 6.20. The Balaban J connectivity index is 1.96. The van der Waals surface area contributed by atoms with Crippen LogP contribution in [0.2, 0.25) is 0 Å². The van der Waals surface area contributed by atoms with Crippen LogP contribution in [0.25, 0.3) is 5.76 Å². The van der Waals surface area contributed by atoms with E-state index in [-0.39, 0.29) is 11.3 Å². The van der Waals surface area contributed by atoms with E-state index in [9.17, 15) is 14.7 Å². The van der Waals surface area contributed by atoms with Crippen molar-refractivity contribution >= 4 is 17.4 Å². The second-order valence-corrected chi connectivity index (χ2v) is 8.38. The number of hydrogen-bond donors (Lipinski definition) is 1. The van der Waals surface area contributed by atoms with Gasteiger partial charge in [0.15, 0.2) is 0 Å². The molecule has 1 aromatic carbocycles. The molecule has 2 heterocycles. The highest BCUT2D eigenvalue weighted by molar-refractivity contribution is 6.46. The number of aliphatic hydroxyl groups excluding tert-OH is 1. The van der Waals surface area contributed by atoms with Crippen LogP contribution in [0.1, 0.15) is 57.2 Å². The van der Waals surface area contributed by atoms with Gasteiger partial charge in [-0.15, -0.1) is 0 Å². The van der Waals surface area contributed by atoms with E-state index in [4.69, 9.17) is 4.74 Å². The number of amides is 1. The van der Waals surface area contributed by atoms with E-state index in [2.05, 4.69) is 30.7 Å². The highest BCUT2D eigenvalue weighted by Gasteiger charge is 2.45. The van der Waals surface area contributed by atoms with E-state index in [1.54, 1.807) is 47.6 Å². The third-order valence-electron chi connectivity index (χ3n) is 6.20. The number of carbonyl (C=O) groups excluding carboxylic acids is 2. The van der Waals surface area contributed by atoms with Gasteiger partial charge >= 0.3 is 0 Å². The van der Waals surface area contributed by atoms with Gasteiger partial charge < -0.3 is 19.6 Å². The highest BCUT2D eigenvalue weighted by atomic mass is 16.5. The Hall–Kier alpha value is -3.19. The SMILES string of the molecule is CCCCOc1cccc(/C(O)=C2\C(=O)C(=O)N(CCCN(CC)CC)C2c2ccncc2)c1. The Morgan fingerprint density at radius 1 is 1.09 bits per heavy atom. The topological polar surface area (TPSA) is 83.0 Å². The number of aromatic nitrogens is 1. The minimum absolute atomic E-state index is 0.102. The van der Waals surface area contributed by atoms with Gasteiger partial charge in [-0.2, -0.15) is 0 Å². The standard InChI is InChI=1S/C27H35N3O4/c1-4-7-18-34-22-11-8-10-21(19-22)25(31)23-24(20-12-14-28-15-13-20)30(27(33)26(23)32)17-9-16-29(5-2)6-3/h8,10-15,19,24,31H,4-7,9,16-18H2,1-3H3/b25-23+. The number of nitrogens with zero attached hydrogens (tertiary/aromatic N) is 3. The molecule has 1 fully saturated rings. The van der Waals surface area contributed by atoms with Crippen molar-refractivity contribution in [1.82, 2.24) is 14.8 Å². The molecule has 1 N–H and O–H groups in total. The fourth-order valence-corrected chi connectivity index (χ4v) is 4.23. The maximum atomic E-state index is 13.2. The summed E-state index contributed by atoms with van der Waals surface area (Å²) in [6.45, 7) is 9.99. The molecule has 7 heteroatoms. The van der Waals surface area contributed by atoms with Crippen LogP contribution in [-0.4, -0.2) is 64.4 Å². The molecule has 1 saturated heterocycles. The molecular weight excluding hydrogens is 430 g/mol. The fraction of sp³-hybridized carbons (Fsp3) is 0.444. The van der Waals surface area contributed by atoms with E-state index in [0.29, 0.717) is 24.5 Å². The maximum absolute atomic E-state index is 13.2. The molecule has 7 nitrogen and oxygen atoms in total. The third kappa shape index (κ3) is 5.83. The van der Waals surface area contributed by atoms with Gasteiger partial charge in [-0.05, 0) is 62.3 Å². The lowest BCUT2D eigenvalue weighted by molar-refractivity contribution is -0.140. The van der Waals surface area contributed by atoms with Gasteiger partial charge in [0.1, 0.15) is 11.5 Å². The molecule has 34 heavy (non-hydrogen) atoms. The summed E-state index contributed by atoms with van der Waals surface area (Å²) in [6.07, 6.45) is 5.94. The van der Waals surface area contributed by atoms with Crippen LogP contribution in [0.15, 0.2) is 54.4 Å². The summed E-state index contributed by atoms with van der Waals surface area (Å²) in [6, 6.07) is 9.93. The molecule has 2 aromatic rings. The van der Waals surface area contributed by atoms with Crippen LogP contribution in [0, 0.1) is 0 Å². The minimum Gasteiger partial charge on any atom is -0.507 e. The number of Topliss-reactive ketones (excluding diaryl/α,β-unsaturated/α-hetero) is 1. The summed E-state index contributed by atoms with van der Waals surface area (Å²) in [7, 11) is 0. The van der Waals surface area contributed by atoms with Crippen molar-refractivity contribution in [3.8, 4) is 5.75 Å². The van der Waals surface area contributed by atoms with Gasteiger partial charge in [0, 0.05) is 24.5 Å². The van der Waals surface area contributed by atoms with Crippen molar-refractivity contribution in [2.24, 2.45) is 0 Å². The summed E-state index contributed by atoms with van der Waals surface area (Å²) < 4.78 is 5.77. The monoisotopic (exact) mass is 465 g/mol. The lowest BCUT2D eigenvalue weighted by Gasteiger charge is -2.26. The first-order chi connectivity index (χ1) is 16.5. The smallest absolute Gasteiger partial charge is 0.295 e. The lowest BCUT2D eigenvalue weighted by atomic mass is 9.96. The van der Waals surface area contributed by atoms with Crippen LogP contribution in [0.4, 0.5) is 0 Å². The number of likely N-dealkylation sites (tertiary alicyclic amines) is 1. The zero-order valence-electron chi connectivity index (χ0n) is 20.4. The van der Waals surface area contributed by atoms with Crippen LogP contribution in [0.5, 0.6) is 5.75 Å². The van der Waals surface area contributed by atoms with Crippen LogP contribution >= 0.6 is 0 Å². The van der Waals surface area contributed by atoms with E-state index < -0.39 is 17.7 Å². The van der Waals surface area contributed by atoms with Crippen molar-refractivity contribution in [3.05, 3.63) is 65.5 Å². The lowest BCUT2D eigenvalue weighted by Crippen LogP contribution is -2.33. The van der Waals surface area contributed by atoms with Gasteiger partial charge in [0.05, 0.1) is 18.2 Å². The Bertz CT molecular complexity index is 1000. The van der Waals surface area contributed by atoms with Gasteiger partial charge in [-0.3, -0.25) is 14.6 Å². The van der Waals surface area contributed by atoms with Crippen molar-refractivity contribution < 1.29 is 19.4 Å². The summed E-state index contributed by atoms with van der Waals surface area (Å²) in [5.74, 6) is -0.823. The Morgan fingerprint density at radius 2 is 1.82 bits per heavy atom. The molecule has 1 unspecified atom stereocenters. The molecule has 0 spiro atoms. The van der Waals surface area contributed by atoms with E-state index in [0.717, 1.165) is 44.5 Å². The predicted molar refractivity (Wildman–Crippen MR) is 132 cm³/mol. The zero-order chi connectivity index (χ0) is 24.5. The fourth-order valence-electron chi connectivity index (χ4n) is 4.23. The first-order valence-electron chi connectivity index (χ1n) is 12.2. The number of aliphatic hydroxyl groups is 1. The first kappa shape index (κ1) is 25.4. The Kier molecular flexibility index (Phi) is 9.22. The van der Waals surface area contributed by atoms with Gasteiger partial charge in [0.25, 0.3) is 11.7 Å². The Morgan fingerprint density at radius 3 is 2.50 bits per heavy atom. The number of ketones is 1. The van der Waals surface area contributed by atoms with Crippen LogP contribution < -0.4 is 4.74 Å². The molecule has 1 aliphatic heterocycles. The van der Waals surface area contributed by atoms with E-state index in [1.165, 1.54) is 0 Å². The van der Waals surface area contributed by atoms with Gasteiger partial charge in [-0.25, -0.2) is 0 Å². The van der Waals surface area contributed by atoms with Gasteiger partial charge in [0.2, 0.25) is 0 Å². The molecule has 0 saturated carbocycles. The molecular formula is C27H35N3O4. The van der Waals surface area contributed by atoms with Crippen molar-refractivity contribution in [3.63, 3.8) is 0 Å². The molecule has 1 amide bonds. The normalized spacial score (nSPS) is 17.5. The average molecular weight is 466 g/mol. The molecule has 0 bridgehead atoms. The molecule has 182 valence electrons. The Labute approximate surface area is 202 Å². The average Bonchev–Trinajstić information content (AvgIpc) is 3.12. The molecule has 0 aliphatic carbocycles. The second kappa shape index (κ2) is 12.3. The van der Waals surface area contributed by atoms with Crippen LogP contribution in [-0.2, 0) is 9.59 Å². The minimum atomic E-state index is -0.667. The van der Waals surface area contributed by atoms with E-state index >= 15 is 0 Å². The van der Waals surface area contributed by atoms with Crippen molar-refractivity contribution in [2.75, 3.05) is 32.8 Å². The molecule has 0 radical (unpaired) electrons. The van der Waals surface area contributed by atoms with Crippen molar-refractivity contribution in [1.29, 1.82) is 0 Å². The summed E-state index contributed by atoms with van der Waals surface area (Å²) in [5, 5.41) is 11.2. The molecule has 3 rings (SSSR count). The largest absolute Gasteiger partial charge is 0.507 e. The molecule has 1 atom stereocenters.